The van der Waals surface area contributed by atoms with Crippen molar-refractivity contribution in [3.05, 3.63) is 137 Å². The van der Waals surface area contributed by atoms with E-state index in [-0.39, 0.29) is 17.4 Å². The van der Waals surface area contributed by atoms with E-state index >= 15 is 0 Å². The lowest BCUT2D eigenvalue weighted by Gasteiger charge is -2.33. The third-order valence-electron chi connectivity index (χ3n) is 7.06. The van der Waals surface area contributed by atoms with Crippen LogP contribution in [0.1, 0.15) is 54.2 Å². The smallest absolute Gasteiger partial charge is 0.118 e. The van der Waals surface area contributed by atoms with Crippen LogP contribution in [0.3, 0.4) is 0 Å². The maximum atomic E-state index is 9.37. The fraction of sp³-hybridized carbons (Fsp3) is 0.226. The average molecular weight is 437 g/mol. The lowest BCUT2D eigenvalue weighted by molar-refractivity contribution is 0.282. The van der Waals surface area contributed by atoms with Gasteiger partial charge in [0.25, 0.3) is 0 Å². The van der Waals surface area contributed by atoms with Crippen molar-refractivity contribution < 1.29 is 9.84 Å². The van der Waals surface area contributed by atoms with Gasteiger partial charge in [0.2, 0.25) is 0 Å². The van der Waals surface area contributed by atoms with Gasteiger partial charge in [-0.2, -0.15) is 0 Å². The lowest BCUT2D eigenvalue weighted by Crippen LogP contribution is -2.26. The summed E-state index contributed by atoms with van der Waals surface area (Å²) < 4.78 is 5.39. The molecular formula is C31H32O2. The van der Waals surface area contributed by atoms with Gasteiger partial charge in [-0.3, -0.25) is 0 Å². The molecule has 4 aromatic carbocycles. The van der Waals surface area contributed by atoms with Gasteiger partial charge in [0.15, 0.2) is 0 Å². The Bertz CT molecular complexity index is 1170. The summed E-state index contributed by atoms with van der Waals surface area (Å²) in [6, 6.07) is 36.3. The largest absolute Gasteiger partial charge is 0.497 e. The molecule has 0 saturated heterocycles. The van der Waals surface area contributed by atoms with E-state index in [2.05, 4.69) is 99.6 Å². The van der Waals surface area contributed by atoms with Crippen LogP contribution in [0.2, 0.25) is 0 Å². The number of aliphatic hydroxyl groups is 1. The highest BCUT2D eigenvalue weighted by Crippen LogP contribution is 2.40. The van der Waals surface area contributed by atoms with Crippen molar-refractivity contribution in [1.29, 1.82) is 0 Å². The summed E-state index contributed by atoms with van der Waals surface area (Å²) in [6.45, 7) is 6.85. The van der Waals surface area contributed by atoms with Crippen LogP contribution in [0, 0.1) is 0 Å². The summed E-state index contributed by atoms with van der Waals surface area (Å²) >= 11 is 0. The summed E-state index contributed by atoms with van der Waals surface area (Å²) in [5.41, 5.74) is 6.70. The van der Waals surface area contributed by atoms with Gasteiger partial charge in [-0.1, -0.05) is 105 Å². The zero-order valence-electron chi connectivity index (χ0n) is 19.9. The van der Waals surface area contributed by atoms with Crippen molar-refractivity contribution in [2.24, 2.45) is 0 Å². The van der Waals surface area contributed by atoms with Crippen molar-refractivity contribution >= 4 is 0 Å². The van der Waals surface area contributed by atoms with E-state index < -0.39 is 0 Å². The standard InChI is InChI=1S/C31H32O2/c1-30(2,24-12-10-23(22-32)11-13-24)25-14-16-27(17-15-25)31(3,26-8-6-5-7-9-26)28-18-20-29(33-4)21-19-28/h5-21,32H,22H2,1-4H3. The minimum absolute atomic E-state index is 0.0683. The van der Waals surface area contributed by atoms with Crippen molar-refractivity contribution in [2.75, 3.05) is 7.11 Å². The highest BCUT2D eigenvalue weighted by Gasteiger charge is 2.32. The molecule has 0 aliphatic heterocycles. The van der Waals surface area contributed by atoms with E-state index in [9.17, 15) is 5.11 Å². The van der Waals surface area contributed by atoms with Gasteiger partial charge in [-0.25, -0.2) is 0 Å². The summed E-state index contributed by atoms with van der Waals surface area (Å²) in [5, 5.41) is 9.37. The normalized spacial score (nSPS) is 13.4. The van der Waals surface area contributed by atoms with Gasteiger partial charge in [0.1, 0.15) is 5.75 Å². The molecule has 0 radical (unpaired) electrons. The van der Waals surface area contributed by atoms with Gasteiger partial charge in [-0.05, 0) is 52.4 Å². The molecule has 33 heavy (non-hydrogen) atoms. The SMILES string of the molecule is COc1ccc(C(C)(c2ccccc2)c2ccc(C(C)(C)c3ccc(CO)cc3)cc2)cc1. The molecular weight excluding hydrogens is 404 g/mol. The van der Waals surface area contributed by atoms with Crippen LogP contribution in [0.25, 0.3) is 0 Å². The van der Waals surface area contributed by atoms with Gasteiger partial charge in [0.05, 0.1) is 13.7 Å². The quantitative estimate of drug-likeness (QED) is 0.320. The van der Waals surface area contributed by atoms with E-state index in [4.69, 9.17) is 4.74 Å². The van der Waals surface area contributed by atoms with Gasteiger partial charge in [0, 0.05) is 10.8 Å². The Morgan fingerprint density at radius 1 is 0.576 bits per heavy atom. The molecule has 0 aliphatic rings. The van der Waals surface area contributed by atoms with E-state index in [1.165, 1.54) is 27.8 Å². The predicted molar refractivity (Wildman–Crippen MR) is 136 cm³/mol. The van der Waals surface area contributed by atoms with Crippen LogP contribution < -0.4 is 4.74 Å². The number of hydrogen-bond donors (Lipinski definition) is 1. The molecule has 168 valence electrons. The van der Waals surface area contributed by atoms with Crippen LogP contribution in [-0.4, -0.2) is 12.2 Å². The fourth-order valence-electron chi connectivity index (χ4n) is 4.61. The van der Waals surface area contributed by atoms with Gasteiger partial charge >= 0.3 is 0 Å². The molecule has 0 amide bonds. The number of benzene rings is 4. The highest BCUT2D eigenvalue weighted by atomic mass is 16.5. The topological polar surface area (TPSA) is 29.5 Å². The molecule has 2 heteroatoms. The molecule has 0 aromatic heterocycles. The molecule has 0 heterocycles. The summed E-state index contributed by atoms with van der Waals surface area (Å²) in [4.78, 5) is 0. The molecule has 1 N–H and O–H groups in total. The Balaban J connectivity index is 1.75. The third kappa shape index (κ3) is 4.31. The Morgan fingerprint density at radius 3 is 1.48 bits per heavy atom. The van der Waals surface area contributed by atoms with E-state index in [1.807, 2.05) is 24.3 Å². The molecule has 2 nitrogen and oxygen atoms in total. The number of aliphatic hydroxyl groups excluding tert-OH is 1. The van der Waals surface area contributed by atoms with E-state index in [0.717, 1.165) is 11.3 Å². The highest BCUT2D eigenvalue weighted by molar-refractivity contribution is 5.51. The monoisotopic (exact) mass is 436 g/mol. The molecule has 0 spiro atoms. The average Bonchev–Trinajstić information content (AvgIpc) is 2.89. The minimum Gasteiger partial charge on any atom is -0.497 e. The summed E-state index contributed by atoms with van der Waals surface area (Å²) in [6.07, 6.45) is 0. The zero-order chi connectivity index (χ0) is 23.5. The molecule has 0 aliphatic carbocycles. The molecule has 4 rings (SSSR count). The van der Waals surface area contributed by atoms with Crippen LogP contribution in [-0.2, 0) is 17.4 Å². The Hall–Kier alpha value is -3.36. The molecule has 1 unspecified atom stereocenters. The van der Waals surface area contributed by atoms with Crippen molar-refractivity contribution in [3.8, 4) is 5.75 Å². The molecule has 0 bridgehead atoms. The maximum absolute atomic E-state index is 9.37. The van der Waals surface area contributed by atoms with Crippen LogP contribution in [0.15, 0.2) is 103 Å². The van der Waals surface area contributed by atoms with Gasteiger partial charge in [-0.15, -0.1) is 0 Å². The number of rotatable bonds is 7. The second-order valence-corrected chi connectivity index (χ2v) is 9.28. The lowest BCUT2D eigenvalue weighted by atomic mass is 9.70. The van der Waals surface area contributed by atoms with Crippen molar-refractivity contribution in [2.45, 2.75) is 38.2 Å². The first kappa shape index (κ1) is 22.8. The zero-order valence-corrected chi connectivity index (χ0v) is 19.9. The van der Waals surface area contributed by atoms with Gasteiger partial charge < -0.3 is 9.84 Å². The summed E-state index contributed by atoms with van der Waals surface area (Å²) in [5.74, 6) is 0.860. The summed E-state index contributed by atoms with van der Waals surface area (Å²) in [7, 11) is 1.70. The Labute approximate surface area is 197 Å². The second-order valence-electron chi connectivity index (χ2n) is 9.28. The number of hydrogen-bond acceptors (Lipinski definition) is 2. The Kier molecular flexibility index (Phi) is 6.40. The molecule has 1 atom stereocenters. The second kappa shape index (κ2) is 9.25. The first-order valence-corrected chi connectivity index (χ1v) is 11.4. The van der Waals surface area contributed by atoms with Crippen molar-refractivity contribution in [1.82, 2.24) is 0 Å². The third-order valence-corrected chi connectivity index (χ3v) is 7.06. The first-order valence-electron chi connectivity index (χ1n) is 11.4. The van der Waals surface area contributed by atoms with Crippen molar-refractivity contribution in [3.63, 3.8) is 0 Å². The van der Waals surface area contributed by atoms with E-state index in [0.29, 0.717) is 0 Å². The minimum atomic E-state index is -0.293. The Morgan fingerprint density at radius 2 is 1.00 bits per heavy atom. The number of ether oxygens (including phenoxy) is 1. The first-order chi connectivity index (χ1) is 15.9. The molecule has 4 aromatic rings. The predicted octanol–water partition coefficient (Wildman–Crippen LogP) is 6.87. The van der Waals surface area contributed by atoms with Crippen LogP contribution in [0.5, 0.6) is 5.75 Å². The van der Waals surface area contributed by atoms with Crippen LogP contribution >= 0.6 is 0 Å². The molecule has 0 fully saturated rings. The van der Waals surface area contributed by atoms with E-state index in [1.54, 1.807) is 7.11 Å². The van der Waals surface area contributed by atoms with Crippen LogP contribution in [0.4, 0.5) is 0 Å². The maximum Gasteiger partial charge on any atom is 0.118 e. The number of methoxy groups -OCH3 is 1. The fourth-order valence-corrected chi connectivity index (χ4v) is 4.61. The molecule has 0 saturated carbocycles.